The van der Waals surface area contributed by atoms with Crippen LogP contribution >= 0.6 is 11.3 Å². The highest BCUT2D eigenvalue weighted by Gasteiger charge is 2.50. The summed E-state index contributed by atoms with van der Waals surface area (Å²) in [5.74, 6) is 1.93. The Morgan fingerprint density at radius 3 is 1.50 bits per heavy atom. The Morgan fingerprint density at radius 1 is 0.290 bits per heavy atom. The van der Waals surface area contributed by atoms with E-state index in [4.69, 9.17) is 15.0 Å². The van der Waals surface area contributed by atoms with Crippen LogP contribution < -0.4 is 0 Å². The summed E-state index contributed by atoms with van der Waals surface area (Å²) in [6, 6.07) is 77.0. The predicted octanol–water partition coefficient (Wildman–Crippen LogP) is 14.9. The van der Waals surface area contributed by atoms with E-state index >= 15 is 0 Å². The lowest BCUT2D eigenvalue weighted by Crippen LogP contribution is -2.29. The van der Waals surface area contributed by atoms with Gasteiger partial charge in [-0.1, -0.05) is 194 Å². The van der Waals surface area contributed by atoms with Gasteiger partial charge in [0.05, 0.1) is 5.41 Å². The molecule has 0 unspecified atom stereocenters. The fourth-order valence-electron chi connectivity index (χ4n) is 10.4. The lowest BCUT2D eigenvalue weighted by Gasteiger charge is -2.35. The van der Waals surface area contributed by atoms with Crippen molar-refractivity contribution in [3.8, 4) is 78.7 Å². The van der Waals surface area contributed by atoms with Crippen LogP contribution in [0.25, 0.3) is 98.8 Å². The van der Waals surface area contributed by atoms with E-state index in [9.17, 15) is 0 Å². The molecule has 2 aliphatic carbocycles. The number of fused-ring (bicyclic) bond motifs is 15. The number of hydrogen-bond donors (Lipinski definition) is 0. The van der Waals surface area contributed by atoms with Gasteiger partial charge in [-0.3, -0.25) is 0 Å². The van der Waals surface area contributed by atoms with Gasteiger partial charge in [0.2, 0.25) is 0 Å². The average molecular weight is 806 g/mol. The predicted molar refractivity (Wildman–Crippen MR) is 256 cm³/mol. The second-order valence-electron chi connectivity index (χ2n) is 16.2. The first-order chi connectivity index (χ1) is 30.7. The molecule has 0 atom stereocenters. The van der Waals surface area contributed by atoms with Crippen LogP contribution in [0.5, 0.6) is 0 Å². The van der Waals surface area contributed by atoms with Crippen LogP contribution in [-0.2, 0) is 5.41 Å². The molecule has 1 spiro atoms. The molecule has 0 radical (unpaired) electrons. The van der Waals surface area contributed by atoms with Gasteiger partial charge in [-0.25, -0.2) is 15.0 Å². The molecule has 4 heteroatoms. The highest BCUT2D eigenvalue weighted by Crippen LogP contribution is 2.62. The van der Waals surface area contributed by atoms with Gasteiger partial charge < -0.3 is 0 Å². The molecule has 9 aromatic carbocycles. The number of benzene rings is 9. The summed E-state index contributed by atoms with van der Waals surface area (Å²) >= 11 is 1.81. The van der Waals surface area contributed by atoms with Crippen molar-refractivity contribution < 1.29 is 0 Å². The second-order valence-corrected chi connectivity index (χ2v) is 17.3. The maximum Gasteiger partial charge on any atom is 0.164 e. The summed E-state index contributed by atoms with van der Waals surface area (Å²) in [6.45, 7) is 0. The van der Waals surface area contributed by atoms with Crippen molar-refractivity contribution in [1.82, 2.24) is 15.0 Å². The largest absolute Gasteiger partial charge is 0.208 e. The molecule has 2 heterocycles. The lowest BCUT2D eigenvalue weighted by atomic mass is 9.66. The first-order valence-corrected chi connectivity index (χ1v) is 21.9. The summed E-state index contributed by atoms with van der Waals surface area (Å²) in [5, 5.41) is 2.51. The summed E-state index contributed by atoms with van der Waals surface area (Å²) in [4.78, 5) is 16.2. The van der Waals surface area contributed by atoms with Crippen LogP contribution in [0.1, 0.15) is 22.3 Å². The summed E-state index contributed by atoms with van der Waals surface area (Å²) < 4.78 is 2.48. The molecule has 0 bridgehead atoms. The average Bonchev–Trinajstić information content (AvgIpc) is 3.84. The van der Waals surface area contributed by atoms with Crippen LogP contribution in [0, 0.1) is 0 Å². The van der Waals surface area contributed by atoms with Crippen LogP contribution in [-0.4, -0.2) is 15.0 Å². The van der Waals surface area contributed by atoms with E-state index in [0.717, 1.165) is 33.4 Å². The second kappa shape index (κ2) is 13.6. The molecule has 2 aromatic heterocycles. The van der Waals surface area contributed by atoms with Crippen molar-refractivity contribution in [2.75, 3.05) is 0 Å². The molecule has 288 valence electrons. The van der Waals surface area contributed by atoms with Crippen LogP contribution in [0.3, 0.4) is 0 Å². The first kappa shape index (κ1) is 35.0. The number of aromatic nitrogens is 3. The quantitative estimate of drug-likeness (QED) is 0.178. The Balaban J connectivity index is 1.09. The summed E-state index contributed by atoms with van der Waals surface area (Å²) in [7, 11) is 0. The van der Waals surface area contributed by atoms with Crippen LogP contribution in [0.2, 0.25) is 0 Å². The Labute approximate surface area is 363 Å². The molecule has 0 fully saturated rings. The van der Waals surface area contributed by atoms with Gasteiger partial charge in [0.1, 0.15) is 0 Å². The van der Waals surface area contributed by atoms with Crippen molar-refractivity contribution in [3.63, 3.8) is 0 Å². The van der Waals surface area contributed by atoms with Gasteiger partial charge in [0.15, 0.2) is 17.5 Å². The molecule has 0 saturated carbocycles. The third-order valence-electron chi connectivity index (χ3n) is 13.0. The monoisotopic (exact) mass is 805 g/mol. The van der Waals surface area contributed by atoms with Gasteiger partial charge in [-0.05, 0) is 85.0 Å². The van der Waals surface area contributed by atoms with Crippen molar-refractivity contribution in [2.24, 2.45) is 0 Å². The number of rotatable bonds is 4. The van der Waals surface area contributed by atoms with Gasteiger partial charge >= 0.3 is 0 Å². The molecule has 0 amide bonds. The zero-order chi connectivity index (χ0) is 40.8. The Bertz CT molecular complexity index is 3540. The Hall–Kier alpha value is -7.79. The van der Waals surface area contributed by atoms with E-state index in [-0.39, 0.29) is 0 Å². The lowest BCUT2D eigenvalue weighted by molar-refractivity contribution is 0.775. The van der Waals surface area contributed by atoms with Gasteiger partial charge in [-0.15, -0.1) is 11.3 Å². The Morgan fingerprint density at radius 2 is 0.774 bits per heavy atom. The number of thiophene rings is 1. The molecule has 0 saturated heterocycles. The summed E-state index contributed by atoms with van der Waals surface area (Å²) in [5.41, 5.74) is 16.9. The van der Waals surface area contributed by atoms with E-state index in [2.05, 4.69) is 212 Å². The van der Waals surface area contributed by atoms with Crippen molar-refractivity contribution in [2.45, 2.75) is 5.41 Å². The first-order valence-electron chi connectivity index (χ1n) is 21.1. The SMILES string of the molecule is c1ccc(-c2cccc(-c3nc(-c4ccc5c(c4)sc4ccccc45)nc(-c4cccc5c4-c4ccccc4C54c5ccccc5-c5ccccc5-c5ccccc54)n3)c2)cc1. The molecule has 62 heavy (non-hydrogen) atoms. The highest BCUT2D eigenvalue weighted by atomic mass is 32.1. The van der Waals surface area contributed by atoms with E-state index in [1.54, 1.807) is 0 Å². The molecule has 0 N–H and O–H groups in total. The fraction of sp³-hybridized carbons (Fsp3) is 0.0172. The van der Waals surface area contributed by atoms with E-state index in [1.807, 2.05) is 11.3 Å². The molecule has 3 nitrogen and oxygen atoms in total. The van der Waals surface area contributed by atoms with Gasteiger partial charge in [0.25, 0.3) is 0 Å². The maximum atomic E-state index is 5.45. The van der Waals surface area contributed by atoms with E-state index < -0.39 is 5.41 Å². The van der Waals surface area contributed by atoms with E-state index in [0.29, 0.717) is 17.5 Å². The standard InChI is InChI=1S/C58H35N3S/c1-2-16-36(17-3-1)37-18-14-19-38(34-37)55-59-56(39-32-33-45-44-24-9-13-31-52(44)62-53(45)35-39)61-57(60-55)47-26-15-30-51-54(47)46-25-8-12-29-50(46)58(51)48-27-10-6-22-42(48)40-20-4-5-21-41(40)43-23-7-11-28-49(43)58/h1-35H. The van der Waals surface area contributed by atoms with Crippen LogP contribution in [0.4, 0.5) is 0 Å². The fourth-order valence-corrected chi connectivity index (χ4v) is 11.5. The minimum Gasteiger partial charge on any atom is -0.208 e. The minimum absolute atomic E-state index is 0.608. The van der Waals surface area contributed by atoms with Gasteiger partial charge in [0, 0.05) is 36.9 Å². The minimum atomic E-state index is -0.608. The molecule has 13 rings (SSSR count). The normalized spacial score (nSPS) is 13.0. The topological polar surface area (TPSA) is 38.7 Å². The number of hydrogen-bond acceptors (Lipinski definition) is 4. The zero-order valence-corrected chi connectivity index (χ0v) is 34.3. The molecule has 2 aliphatic rings. The molecular formula is C58H35N3S. The third-order valence-corrected chi connectivity index (χ3v) is 14.1. The van der Waals surface area contributed by atoms with Crippen LogP contribution in [0.15, 0.2) is 212 Å². The van der Waals surface area contributed by atoms with Crippen molar-refractivity contribution in [3.05, 3.63) is 235 Å². The van der Waals surface area contributed by atoms with Crippen molar-refractivity contribution >= 4 is 31.5 Å². The zero-order valence-electron chi connectivity index (χ0n) is 33.5. The number of nitrogens with zero attached hydrogens (tertiary/aromatic N) is 3. The summed E-state index contributed by atoms with van der Waals surface area (Å²) in [6.07, 6.45) is 0. The smallest absolute Gasteiger partial charge is 0.164 e. The van der Waals surface area contributed by atoms with Gasteiger partial charge in [-0.2, -0.15) is 0 Å². The highest BCUT2D eigenvalue weighted by molar-refractivity contribution is 7.25. The molecule has 0 aliphatic heterocycles. The Kier molecular flexibility index (Phi) is 7.69. The molecular weight excluding hydrogens is 771 g/mol. The third kappa shape index (κ3) is 5.08. The maximum absolute atomic E-state index is 5.45. The van der Waals surface area contributed by atoms with E-state index in [1.165, 1.54) is 70.2 Å². The van der Waals surface area contributed by atoms with Crippen molar-refractivity contribution in [1.29, 1.82) is 0 Å². The molecule has 11 aromatic rings.